The van der Waals surface area contributed by atoms with E-state index < -0.39 is 0 Å². The predicted octanol–water partition coefficient (Wildman–Crippen LogP) is 2.07. The first-order valence-electron chi connectivity index (χ1n) is 4.78. The van der Waals surface area contributed by atoms with Crippen molar-refractivity contribution in [3.05, 3.63) is 35.5 Å². The lowest BCUT2D eigenvalue weighted by atomic mass is 10.1. The van der Waals surface area contributed by atoms with Crippen molar-refractivity contribution in [3.63, 3.8) is 0 Å². The zero-order valence-corrected chi connectivity index (χ0v) is 9.02. The lowest BCUT2D eigenvalue weighted by Gasteiger charge is -1.99. The van der Waals surface area contributed by atoms with Crippen LogP contribution in [0.3, 0.4) is 0 Å². The Morgan fingerprint density at radius 2 is 2.19 bits per heavy atom. The largest absolute Gasteiger partial charge is 0.465 e. The van der Waals surface area contributed by atoms with Gasteiger partial charge in [0.15, 0.2) is 6.19 Å². The number of methoxy groups -OCH3 is 1. The third-order valence-corrected chi connectivity index (χ3v) is 2.51. The SMILES string of the molecule is COC(=O)c1ccc2c(c1)cc(C)n2C#N. The number of nitrogens with zero attached hydrogens (tertiary/aromatic N) is 2. The maximum Gasteiger partial charge on any atom is 0.337 e. The smallest absolute Gasteiger partial charge is 0.337 e. The van der Waals surface area contributed by atoms with E-state index in [-0.39, 0.29) is 5.97 Å². The summed E-state index contributed by atoms with van der Waals surface area (Å²) in [6.45, 7) is 1.85. The van der Waals surface area contributed by atoms with Crippen molar-refractivity contribution in [2.75, 3.05) is 7.11 Å². The number of hydrogen-bond acceptors (Lipinski definition) is 3. The van der Waals surface area contributed by atoms with Gasteiger partial charge in [-0.2, -0.15) is 5.26 Å². The molecule has 80 valence electrons. The summed E-state index contributed by atoms with van der Waals surface area (Å²) in [5.41, 5.74) is 2.14. The van der Waals surface area contributed by atoms with Crippen LogP contribution in [0.15, 0.2) is 24.3 Å². The van der Waals surface area contributed by atoms with Gasteiger partial charge in [0, 0.05) is 11.1 Å². The number of ether oxygens (including phenoxy) is 1. The van der Waals surface area contributed by atoms with Crippen LogP contribution in [0.2, 0.25) is 0 Å². The molecule has 0 N–H and O–H groups in total. The second-order valence-corrected chi connectivity index (χ2v) is 3.49. The lowest BCUT2D eigenvalue weighted by Crippen LogP contribution is -2.00. The molecule has 2 aromatic rings. The molecule has 0 amide bonds. The van der Waals surface area contributed by atoms with Gasteiger partial charge in [0.1, 0.15) is 0 Å². The van der Waals surface area contributed by atoms with Crippen molar-refractivity contribution in [1.29, 1.82) is 5.26 Å². The number of rotatable bonds is 1. The molecule has 0 unspecified atom stereocenters. The average molecular weight is 214 g/mol. The Morgan fingerprint density at radius 3 is 2.81 bits per heavy atom. The van der Waals surface area contributed by atoms with Crippen LogP contribution in [-0.2, 0) is 4.74 Å². The molecule has 4 heteroatoms. The summed E-state index contributed by atoms with van der Waals surface area (Å²) in [5.74, 6) is -0.371. The summed E-state index contributed by atoms with van der Waals surface area (Å²) in [6, 6.07) is 6.99. The Hall–Kier alpha value is -2.28. The van der Waals surface area contributed by atoms with E-state index in [0.717, 1.165) is 16.6 Å². The zero-order chi connectivity index (χ0) is 11.7. The van der Waals surface area contributed by atoms with E-state index in [1.54, 1.807) is 18.2 Å². The van der Waals surface area contributed by atoms with Crippen molar-refractivity contribution in [3.8, 4) is 6.19 Å². The molecule has 1 heterocycles. The molecule has 0 saturated carbocycles. The summed E-state index contributed by atoms with van der Waals surface area (Å²) in [5, 5.41) is 9.81. The van der Waals surface area contributed by atoms with Crippen LogP contribution in [0.4, 0.5) is 0 Å². The van der Waals surface area contributed by atoms with E-state index in [4.69, 9.17) is 5.26 Å². The lowest BCUT2D eigenvalue weighted by molar-refractivity contribution is 0.0601. The molecule has 0 aliphatic rings. The number of benzene rings is 1. The number of esters is 1. The maximum atomic E-state index is 11.3. The highest BCUT2D eigenvalue weighted by atomic mass is 16.5. The molecule has 0 fully saturated rings. The van der Waals surface area contributed by atoms with E-state index in [0.29, 0.717) is 5.56 Å². The second-order valence-electron chi connectivity index (χ2n) is 3.49. The van der Waals surface area contributed by atoms with Crippen molar-refractivity contribution >= 4 is 16.9 Å². The van der Waals surface area contributed by atoms with Crippen LogP contribution in [0.1, 0.15) is 16.1 Å². The molecule has 0 radical (unpaired) electrons. The van der Waals surface area contributed by atoms with Crippen molar-refractivity contribution in [2.24, 2.45) is 0 Å². The highest BCUT2D eigenvalue weighted by Crippen LogP contribution is 2.20. The summed E-state index contributed by atoms with van der Waals surface area (Å²) >= 11 is 0. The van der Waals surface area contributed by atoms with Crippen LogP contribution < -0.4 is 0 Å². The monoisotopic (exact) mass is 214 g/mol. The molecule has 16 heavy (non-hydrogen) atoms. The average Bonchev–Trinajstić information content (AvgIpc) is 2.62. The molecule has 4 nitrogen and oxygen atoms in total. The van der Waals surface area contributed by atoms with E-state index in [2.05, 4.69) is 10.9 Å². The number of aryl methyl sites for hydroxylation is 1. The molecule has 0 saturated heterocycles. The molecule has 1 aromatic carbocycles. The molecule has 0 aliphatic heterocycles. The molecule has 0 aliphatic carbocycles. The number of carbonyl (C=O) groups is 1. The fraction of sp³-hybridized carbons (Fsp3) is 0.167. The number of carbonyl (C=O) groups excluding carboxylic acids is 1. The quantitative estimate of drug-likeness (QED) is 0.683. The fourth-order valence-corrected chi connectivity index (χ4v) is 1.73. The first-order valence-corrected chi connectivity index (χ1v) is 4.78. The van der Waals surface area contributed by atoms with Gasteiger partial charge in [-0.1, -0.05) is 0 Å². The van der Waals surface area contributed by atoms with Gasteiger partial charge in [-0.3, -0.25) is 4.57 Å². The Labute approximate surface area is 92.7 Å². The summed E-state index contributed by atoms with van der Waals surface area (Å²) in [4.78, 5) is 11.3. The summed E-state index contributed by atoms with van der Waals surface area (Å²) in [6.07, 6.45) is 2.08. The van der Waals surface area contributed by atoms with Gasteiger partial charge in [-0.15, -0.1) is 0 Å². The minimum Gasteiger partial charge on any atom is -0.465 e. The first kappa shape index (κ1) is 10.2. The maximum absolute atomic E-state index is 11.3. The first-order chi connectivity index (χ1) is 7.67. The normalized spacial score (nSPS) is 10.1. The third kappa shape index (κ3) is 1.43. The van der Waals surface area contributed by atoms with Crippen molar-refractivity contribution in [1.82, 2.24) is 4.57 Å². The van der Waals surface area contributed by atoms with Crippen molar-refractivity contribution in [2.45, 2.75) is 6.92 Å². The predicted molar refractivity (Wildman–Crippen MR) is 59.0 cm³/mol. The van der Waals surface area contributed by atoms with Gasteiger partial charge in [0.05, 0.1) is 18.2 Å². The summed E-state index contributed by atoms with van der Waals surface area (Å²) in [7, 11) is 1.35. The highest BCUT2D eigenvalue weighted by molar-refractivity contribution is 5.95. The molecule has 1 aromatic heterocycles. The number of nitriles is 1. The molecule has 2 rings (SSSR count). The molecule has 0 bridgehead atoms. The van der Waals surface area contributed by atoms with Gasteiger partial charge in [-0.05, 0) is 31.2 Å². The van der Waals surface area contributed by atoms with E-state index in [1.807, 2.05) is 13.0 Å². The van der Waals surface area contributed by atoms with Crippen LogP contribution >= 0.6 is 0 Å². The minimum absolute atomic E-state index is 0.371. The van der Waals surface area contributed by atoms with E-state index in [1.165, 1.54) is 11.7 Å². The van der Waals surface area contributed by atoms with E-state index in [9.17, 15) is 4.79 Å². The van der Waals surface area contributed by atoms with Gasteiger partial charge < -0.3 is 4.74 Å². The van der Waals surface area contributed by atoms with Gasteiger partial charge in [0.2, 0.25) is 0 Å². The Kier molecular flexibility index (Phi) is 2.37. The highest BCUT2D eigenvalue weighted by Gasteiger charge is 2.09. The molecular formula is C12H10N2O2. The van der Waals surface area contributed by atoms with Crippen LogP contribution in [-0.4, -0.2) is 17.6 Å². The van der Waals surface area contributed by atoms with E-state index >= 15 is 0 Å². The Bertz CT molecular complexity index is 605. The number of aromatic nitrogens is 1. The molecule has 0 atom stereocenters. The number of fused-ring (bicyclic) bond motifs is 1. The van der Waals surface area contributed by atoms with Gasteiger partial charge in [-0.25, -0.2) is 4.79 Å². The van der Waals surface area contributed by atoms with Gasteiger partial charge in [0.25, 0.3) is 0 Å². The molecular weight excluding hydrogens is 204 g/mol. The second kappa shape index (κ2) is 3.70. The van der Waals surface area contributed by atoms with Crippen LogP contribution in [0.25, 0.3) is 10.9 Å². The van der Waals surface area contributed by atoms with Crippen LogP contribution in [0.5, 0.6) is 0 Å². The van der Waals surface area contributed by atoms with Gasteiger partial charge >= 0.3 is 5.97 Å². The van der Waals surface area contributed by atoms with Crippen molar-refractivity contribution < 1.29 is 9.53 Å². The molecule has 0 spiro atoms. The fourth-order valence-electron chi connectivity index (χ4n) is 1.73. The minimum atomic E-state index is -0.371. The third-order valence-electron chi connectivity index (χ3n) is 2.51. The standard InChI is InChI=1S/C12H10N2O2/c1-8-5-10-6-9(12(15)16-2)3-4-11(10)14(8)7-13/h3-6H,1-2H3. The number of hydrogen-bond donors (Lipinski definition) is 0. The zero-order valence-electron chi connectivity index (χ0n) is 9.02. The summed E-state index contributed by atoms with van der Waals surface area (Å²) < 4.78 is 6.16. The Morgan fingerprint density at radius 1 is 1.44 bits per heavy atom. The Balaban J connectivity index is 2.66. The topological polar surface area (TPSA) is 55.0 Å². The van der Waals surface area contributed by atoms with Crippen LogP contribution in [0, 0.1) is 18.4 Å².